The van der Waals surface area contributed by atoms with E-state index in [1.807, 2.05) is 72.8 Å². The molecule has 0 saturated carbocycles. The van der Waals surface area contributed by atoms with Crippen molar-refractivity contribution in [2.24, 2.45) is 0 Å². The zero-order chi connectivity index (χ0) is 20.5. The Bertz CT molecular complexity index is 886. The number of ether oxygens (including phenoxy) is 1. The van der Waals surface area contributed by atoms with Gasteiger partial charge in [-0.1, -0.05) is 72.8 Å². The second-order valence-electron chi connectivity index (χ2n) is 6.61. The molecule has 0 radical (unpaired) electrons. The standard InChI is InChI=1S/C24H24N2O3/c1-25-22(27)16-18-12-14-21(15-13-18)26-23(28)17-29-24(19-8-4-2-5-9-19)20-10-6-3-7-11-20/h2-15,24H,16-17H2,1H3,(H,25,27)(H,26,28). The summed E-state index contributed by atoms with van der Waals surface area (Å²) >= 11 is 0. The number of carbonyl (C=O) groups excluding carboxylic acids is 2. The molecular formula is C24H24N2O3. The van der Waals surface area contributed by atoms with Crippen molar-refractivity contribution >= 4 is 17.5 Å². The largest absolute Gasteiger partial charge is 0.359 e. The molecule has 0 fully saturated rings. The molecule has 29 heavy (non-hydrogen) atoms. The number of amides is 2. The molecule has 0 saturated heterocycles. The molecule has 0 bridgehead atoms. The van der Waals surface area contributed by atoms with Crippen LogP contribution in [0.3, 0.4) is 0 Å². The van der Waals surface area contributed by atoms with Crippen molar-refractivity contribution in [1.29, 1.82) is 0 Å². The second-order valence-corrected chi connectivity index (χ2v) is 6.61. The van der Waals surface area contributed by atoms with E-state index in [2.05, 4.69) is 10.6 Å². The Labute approximate surface area is 170 Å². The highest BCUT2D eigenvalue weighted by molar-refractivity contribution is 5.91. The molecule has 0 aliphatic carbocycles. The zero-order valence-electron chi connectivity index (χ0n) is 16.3. The first-order chi connectivity index (χ1) is 14.2. The number of rotatable bonds is 8. The van der Waals surface area contributed by atoms with Crippen LogP contribution in [0.1, 0.15) is 22.8 Å². The third-order valence-corrected chi connectivity index (χ3v) is 4.47. The van der Waals surface area contributed by atoms with Crippen LogP contribution in [0.25, 0.3) is 0 Å². The molecule has 0 aliphatic heterocycles. The average Bonchev–Trinajstić information content (AvgIpc) is 2.76. The van der Waals surface area contributed by atoms with Gasteiger partial charge in [-0.2, -0.15) is 0 Å². The van der Waals surface area contributed by atoms with Gasteiger partial charge in [-0.15, -0.1) is 0 Å². The lowest BCUT2D eigenvalue weighted by Gasteiger charge is -2.19. The Morgan fingerprint density at radius 3 is 1.86 bits per heavy atom. The van der Waals surface area contributed by atoms with E-state index in [1.54, 1.807) is 19.2 Å². The Hall–Kier alpha value is -3.44. The molecule has 148 valence electrons. The number of likely N-dealkylation sites (N-methyl/N-ethyl adjacent to an activating group) is 1. The van der Waals surface area contributed by atoms with Crippen LogP contribution >= 0.6 is 0 Å². The van der Waals surface area contributed by atoms with Crippen LogP contribution in [-0.2, 0) is 20.7 Å². The number of hydrogen-bond acceptors (Lipinski definition) is 3. The Balaban J connectivity index is 1.61. The number of carbonyl (C=O) groups is 2. The highest BCUT2D eigenvalue weighted by Gasteiger charge is 2.16. The topological polar surface area (TPSA) is 67.4 Å². The van der Waals surface area contributed by atoms with Gasteiger partial charge in [-0.25, -0.2) is 0 Å². The van der Waals surface area contributed by atoms with Crippen LogP contribution in [0, 0.1) is 0 Å². The van der Waals surface area contributed by atoms with Gasteiger partial charge in [0.15, 0.2) is 0 Å². The van der Waals surface area contributed by atoms with Crippen molar-refractivity contribution in [2.75, 3.05) is 19.0 Å². The molecule has 0 aliphatic rings. The maximum Gasteiger partial charge on any atom is 0.250 e. The number of benzene rings is 3. The Morgan fingerprint density at radius 2 is 1.34 bits per heavy atom. The van der Waals surface area contributed by atoms with Crippen LogP contribution in [0.2, 0.25) is 0 Å². The maximum atomic E-state index is 12.4. The molecule has 3 aromatic rings. The first-order valence-corrected chi connectivity index (χ1v) is 9.46. The molecule has 0 spiro atoms. The molecule has 0 atom stereocenters. The van der Waals surface area contributed by atoms with Crippen LogP contribution in [-0.4, -0.2) is 25.5 Å². The summed E-state index contributed by atoms with van der Waals surface area (Å²) < 4.78 is 5.97. The van der Waals surface area contributed by atoms with Crippen molar-refractivity contribution in [2.45, 2.75) is 12.5 Å². The van der Waals surface area contributed by atoms with Gasteiger partial charge in [-0.3, -0.25) is 9.59 Å². The summed E-state index contributed by atoms with van der Waals surface area (Å²) in [5.41, 5.74) is 3.53. The summed E-state index contributed by atoms with van der Waals surface area (Å²) in [6.45, 7) is -0.0750. The minimum atomic E-state index is -0.321. The highest BCUT2D eigenvalue weighted by atomic mass is 16.5. The summed E-state index contributed by atoms with van der Waals surface area (Å²) in [6, 6.07) is 26.9. The fraction of sp³-hybridized carbons (Fsp3) is 0.167. The van der Waals surface area contributed by atoms with Crippen LogP contribution in [0.5, 0.6) is 0 Å². The average molecular weight is 388 g/mol. The predicted octanol–water partition coefficient (Wildman–Crippen LogP) is 3.72. The molecule has 3 aromatic carbocycles. The fourth-order valence-electron chi connectivity index (χ4n) is 2.98. The lowest BCUT2D eigenvalue weighted by Crippen LogP contribution is -2.21. The Morgan fingerprint density at radius 1 is 0.793 bits per heavy atom. The third kappa shape index (κ3) is 6.02. The molecule has 0 unspecified atom stereocenters. The van der Waals surface area contributed by atoms with Crippen molar-refractivity contribution in [3.63, 3.8) is 0 Å². The summed E-state index contributed by atoms with van der Waals surface area (Å²) in [6.07, 6.45) is -0.0120. The monoisotopic (exact) mass is 388 g/mol. The Kier molecular flexibility index (Phi) is 7.14. The fourth-order valence-corrected chi connectivity index (χ4v) is 2.98. The third-order valence-electron chi connectivity index (χ3n) is 4.47. The van der Waals surface area contributed by atoms with Gasteiger partial charge in [0.1, 0.15) is 12.7 Å². The second kappa shape index (κ2) is 10.2. The van der Waals surface area contributed by atoms with E-state index in [9.17, 15) is 9.59 Å². The number of nitrogens with one attached hydrogen (secondary N) is 2. The van der Waals surface area contributed by atoms with Crippen LogP contribution in [0.4, 0.5) is 5.69 Å². The lowest BCUT2D eigenvalue weighted by atomic mass is 10.0. The molecule has 2 N–H and O–H groups in total. The zero-order valence-corrected chi connectivity index (χ0v) is 16.3. The molecular weight excluding hydrogens is 364 g/mol. The van der Waals surface area contributed by atoms with E-state index in [0.29, 0.717) is 12.1 Å². The predicted molar refractivity (Wildman–Crippen MR) is 114 cm³/mol. The van der Waals surface area contributed by atoms with Crippen molar-refractivity contribution in [1.82, 2.24) is 5.32 Å². The highest BCUT2D eigenvalue weighted by Crippen LogP contribution is 2.25. The van der Waals surface area contributed by atoms with E-state index in [0.717, 1.165) is 16.7 Å². The molecule has 0 aromatic heterocycles. The molecule has 5 nitrogen and oxygen atoms in total. The lowest BCUT2D eigenvalue weighted by molar-refractivity contribution is -0.122. The summed E-state index contributed by atoms with van der Waals surface area (Å²) in [5.74, 6) is -0.288. The van der Waals surface area contributed by atoms with Crippen molar-refractivity contribution in [3.05, 3.63) is 102 Å². The molecule has 0 heterocycles. The SMILES string of the molecule is CNC(=O)Cc1ccc(NC(=O)COC(c2ccccc2)c2ccccc2)cc1. The summed E-state index contributed by atoms with van der Waals surface area (Å²) in [7, 11) is 1.61. The van der Waals surface area contributed by atoms with E-state index in [-0.39, 0.29) is 24.5 Å². The minimum Gasteiger partial charge on any atom is -0.359 e. The van der Waals surface area contributed by atoms with Crippen LogP contribution < -0.4 is 10.6 Å². The van der Waals surface area contributed by atoms with Gasteiger partial charge in [0, 0.05) is 12.7 Å². The maximum absolute atomic E-state index is 12.4. The van der Waals surface area contributed by atoms with E-state index < -0.39 is 0 Å². The van der Waals surface area contributed by atoms with Gasteiger partial charge in [0.05, 0.1) is 6.42 Å². The number of anilines is 1. The van der Waals surface area contributed by atoms with E-state index in [4.69, 9.17) is 4.74 Å². The normalized spacial score (nSPS) is 10.6. The first kappa shape index (κ1) is 20.3. The number of hydrogen-bond donors (Lipinski definition) is 2. The van der Waals surface area contributed by atoms with Crippen molar-refractivity contribution < 1.29 is 14.3 Å². The van der Waals surface area contributed by atoms with E-state index >= 15 is 0 Å². The summed E-state index contributed by atoms with van der Waals surface area (Å²) in [4.78, 5) is 23.8. The summed E-state index contributed by atoms with van der Waals surface area (Å²) in [5, 5.41) is 5.42. The van der Waals surface area contributed by atoms with Gasteiger partial charge >= 0.3 is 0 Å². The van der Waals surface area contributed by atoms with Crippen LogP contribution in [0.15, 0.2) is 84.9 Å². The molecule has 3 rings (SSSR count). The van der Waals surface area contributed by atoms with Gasteiger partial charge in [0.2, 0.25) is 11.8 Å². The first-order valence-electron chi connectivity index (χ1n) is 9.46. The van der Waals surface area contributed by atoms with Crippen molar-refractivity contribution in [3.8, 4) is 0 Å². The molecule has 5 heteroatoms. The van der Waals surface area contributed by atoms with Gasteiger partial charge < -0.3 is 15.4 Å². The molecule has 2 amide bonds. The quantitative estimate of drug-likeness (QED) is 0.618. The minimum absolute atomic E-state index is 0.0527. The van der Waals surface area contributed by atoms with Gasteiger partial charge in [0.25, 0.3) is 0 Å². The van der Waals surface area contributed by atoms with E-state index in [1.165, 1.54) is 0 Å². The smallest absolute Gasteiger partial charge is 0.250 e. The van der Waals surface area contributed by atoms with Gasteiger partial charge in [-0.05, 0) is 28.8 Å².